The summed E-state index contributed by atoms with van der Waals surface area (Å²) < 4.78 is 12.4. The fraction of sp³-hybridized carbons (Fsp3) is 0.207. The van der Waals surface area contributed by atoms with Crippen molar-refractivity contribution in [3.63, 3.8) is 0 Å². The van der Waals surface area contributed by atoms with E-state index >= 15 is 0 Å². The molecule has 0 saturated heterocycles. The lowest BCUT2D eigenvalue weighted by Crippen LogP contribution is -2.08. The number of carbonyl (C=O) groups excluding carboxylic acids is 3. The second-order valence-electron chi connectivity index (χ2n) is 8.90. The number of rotatable bonds is 13. The van der Waals surface area contributed by atoms with E-state index in [1.165, 1.54) is 43.0 Å². The number of carbonyl (C=O) groups is 5. The number of carboxylic acid groups (broad SMARTS) is 2. The van der Waals surface area contributed by atoms with Gasteiger partial charge in [0.05, 0.1) is 42.5 Å². The summed E-state index contributed by atoms with van der Waals surface area (Å²) in [6.07, 6.45) is 2.22. The van der Waals surface area contributed by atoms with Crippen molar-refractivity contribution in [2.24, 2.45) is 0 Å². The summed E-state index contributed by atoms with van der Waals surface area (Å²) in [5, 5.41) is 21.9. The summed E-state index contributed by atoms with van der Waals surface area (Å²) in [5.74, 6) is -2.17. The predicted molar refractivity (Wildman–Crippen MR) is 157 cm³/mol. The van der Waals surface area contributed by atoms with Crippen molar-refractivity contribution in [2.45, 2.75) is 25.7 Å². The van der Waals surface area contributed by atoms with Crippen LogP contribution in [-0.4, -0.2) is 53.8 Å². The monoisotopic (exact) mass is 595 g/mol. The number of aliphatic carboxylic acids is 2. The molecule has 0 saturated carbocycles. The molecule has 4 aromatic rings. The minimum absolute atomic E-state index is 0.0881. The van der Waals surface area contributed by atoms with Gasteiger partial charge in [0.25, 0.3) is 0 Å². The van der Waals surface area contributed by atoms with E-state index in [0.29, 0.717) is 37.9 Å². The van der Waals surface area contributed by atoms with Crippen LogP contribution in [0.1, 0.15) is 50.6 Å². The van der Waals surface area contributed by atoms with Crippen molar-refractivity contribution in [2.75, 3.05) is 19.5 Å². The summed E-state index contributed by atoms with van der Waals surface area (Å²) in [6, 6.07) is 10.3. The van der Waals surface area contributed by atoms with E-state index in [2.05, 4.69) is 5.32 Å². The Kier molecular flexibility index (Phi) is 9.15. The van der Waals surface area contributed by atoms with Gasteiger partial charge in [0.1, 0.15) is 11.5 Å². The predicted octanol–water partition coefficient (Wildman–Crippen LogP) is 5.88. The van der Waals surface area contributed by atoms with Crippen LogP contribution in [0.25, 0.3) is 26.2 Å². The first-order valence-electron chi connectivity index (χ1n) is 12.3. The van der Waals surface area contributed by atoms with Crippen LogP contribution < -0.4 is 14.8 Å². The normalized spacial score (nSPS) is 11.2. The van der Waals surface area contributed by atoms with Crippen LogP contribution in [-0.2, 0) is 14.4 Å². The maximum absolute atomic E-state index is 12.8. The van der Waals surface area contributed by atoms with Gasteiger partial charge in [-0.3, -0.25) is 24.0 Å². The van der Waals surface area contributed by atoms with E-state index in [1.54, 1.807) is 42.5 Å². The van der Waals surface area contributed by atoms with Crippen molar-refractivity contribution in [3.8, 4) is 11.5 Å². The number of thiophene rings is 2. The number of hydrogen-bond acceptors (Lipinski definition) is 9. The minimum Gasteiger partial charge on any atom is -0.496 e. The number of ketones is 2. The molecular weight excluding hydrogens is 570 g/mol. The molecule has 0 aliphatic carbocycles. The molecule has 41 heavy (non-hydrogen) atoms. The van der Waals surface area contributed by atoms with E-state index in [0.717, 1.165) is 14.8 Å². The number of amides is 1. The number of nitrogens with one attached hydrogen (secondary N) is 1. The third-order valence-corrected chi connectivity index (χ3v) is 8.34. The smallest absolute Gasteiger partial charge is 0.303 e. The third kappa shape index (κ3) is 7.16. The molecule has 3 N–H and O–H groups in total. The van der Waals surface area contributed by atoms with E-state index in [-0.39, 0.29) is 37.2 Å². The molecule has 10 nitrogen and oxygen atoms in total. The number of ether oxygens (including phenoxy) is 2. The summed E-state index contributed by atoms with van der Waals surface area (Å²) >= 11 is 2.47. The highest BCUT2D eigenvalue weighted by Gasteiger charge is 2.16. The highest BCUT2D eigenvalue weighted by atomic mass is 32.1. The standard InChI is InChI=1S/C29H25NO9S2/c1-38-21-13-23-16(11-25(40-23)19(31)4-7-28(34)35)9-15(21)3-6-27(33)30-18-10-17-12-26(20(32)5-8-29(36)37)41-24(17)14-22(18)39-2/h3,6,9-14H,4-5,7-8H2,1-2H3,(H,30,33)(H,34,35)(H,36,37)/b6-3+. The highest BCUT2D eigenvalue weighted by molar-refractivity contribution is 7.21. The van der Waals surface area contributed by atoms with Crippen molar-refractivity contribution >= 4 is 84.0 Å². The molecular formula is C29H25NO9S2. The van der Waals surface area contributed by atoms with Gasteiger partial charge in [-0.25, -0.2) is 0 Å². The Morgan fingerprint density at radius 2 is 1.24 bits per heavy atom. The Bertz CT molecular complexity index is 1710. The molecule has 12 heteroatoms. The number of fused-ring (bicyclic) bond motifs is 2. The van der Waals surface area contributed by atoms with E-state index in [4.69, 9.17) is 19.7 Å². The zero-order chi connectivity index (χ0) is 29.7. The van der Waals surface area contributed by atoms with Gasteiger partial charge in [0, 0.05) is 39.9 Å². The Morgan fingerprint density at radius 3 is 1.76 bits per heavy atom. The molecule has 0 radical (unpaired) electrons. The van der Waals surface area contributed by atoms with E-state index in [9.17, 15) is 24.0 Å². The van der Waals surface area contributed by atoms with Gasteiger partial charge in [-0.05, 0) is 47.2 Å². The fourth-order valence-electron chi connectivity index (χ4n) is 4.03. The molecule has 1 amide bonds. The Morgan fingerprint density at radius 1 is 0.732 bits per heavy atom. The molecule has 0 aliphatic rings. The molecule has 0 fully saturated rings. The molecule has 0 unspecified atom stereocenters. The van der Waals surface area contributed by atoms with Gasteiger partial charge >= 0.3 is 11.9 Å². The third-order valence-electron chi connectivity index (χ3n) is 6.06. The van der Waals surface area contributed by atoms with Crippen LogP contribution in [0.5, 0.6) is 11.5 Å². The average Bonchev–Trinajstić information content (AvgIpc) is 3.55. The lowest BCUT2D eigenvalue weighted by Gasteiger charge is -2.09. The van der Waals surface area contributed by atoms with Gasteiger partial charge in [-0.15, -0.1) is 22.7 Å². The molecule has 0 spiro atoms. The maximum atomic E-state index is 12.8. The average molecular weight is 596 g/mol. The largest absolute Gasteiger partial charge is 0.496 e. The topological polar surface area (TPSA) is 156 Å². The van der Waals surface area contributed by atoms with Gasteiger partial charge in [0.15, 0.2) is 11.6 Å². The van der Waals surface area contributed by atoms with Crippen molar-refractivity contribution in [3.05, 3.63) is 57.8 Å². The summed E-state index contributed by atoms with van der Waals surface area (Å²) in [4.78, 5) is 60.0. The molecule has 2 heterocycles. The Labute approximate surface area is 241 Å². The lowest BCUT2D eigenvalue weighted by molar-refractivity contribution is -0.137. The quantitative estimate of drug-likeness (QED) is 0.127. The van der Waals surface area contributed by atoms with Gasteiger partial charge < -0.3 is 25.0 Å². The second kappa shape index (κ2) is 12.7. The molecule has 2 aromatic heterocycles. The first-order chi connectivity index (χ1) is 19.6. The van der Waals surface area contributed by atoms with Crippen LogP contribution in [0.2, 0.25) is 0 Å². The number of Topliss-reactive ketones (excluding diaryl/α,β-unsaturated/α-hetero) is 2. The molecule has 0 atom stereocenters. The highest BCUT2D eigenvalue weighted by Crippen LogP contribution is 2.36. The number of benzene rings is 2. The molecule has 4 rings (SSSR count). The van der Waals surface area contributed by atoms with Crippen LogP contribution >= 0.6 is 22.7 Å². The van der Waals surface area contributed by atoms with Crippen LogP contribution in [0.4, 0.5) is 5.69 Å². The summed E-state index contributed by atoms with van der Waals surface area (Å²) in [7, 11) is 2.95. The first kappa shape index (κ1) is 29.4. The number of hydrogen-bond donors (Lipinski definition) is 3. The number of methoxy groups -OCH3 is 2. The molecule has 0 aliphatic heterocycles. The van der Waals surface area contributed by atoms with E-state index in [1.807, 2.05) is 0 Å². The Balaban J connectivity index is 1.53. The van der Waals surface area contributed by atoms with Crippen molar-refractivity contribution in [1.29, 1.82) is 0 Å². The van der Waals surface area contributed by atoms with Gasteiger partial charge in [-0.1, -0.05) is 0 Å². The zero-order valence-corrected chi connectivity index (χ0v) is 23.6. The number of carboxylic acids is 2. The SMILES string of the molecule is COc1cc2sc(C(=O)CCC(=O)O)cc2cc1/C=C/C(=O)Nc1cc2cc(C(=O)CCC(=O)O)sc2cc1OC. The van der Waals surface area contributed by atoms with E-state index < -0.39 is 17.8 Å². The van der Waals surface area contributed by atoms with Crippen LogP contribution in [0.3, 0.4) is 0 Å². The number of anilines is 1. The molecule has 212 valence electrons. The van der Waals surface area contributed by atoms with Crippen LogP contribution in [0.15, 0.2) is 42.5 Å². The van der Waals surface area contributed by atoms with Gasteiger partial charge in [-0.2, -0.15) is 0 Å². The molecule has 2 aromatic carbocycles. The fourth-order valence-corrected chi connectivity index (χ4v) is 6.11. The second-order valence-corrected chi connectivity index (χ2v) is 11.1. The summed E-state index contributed by atoms with van der Waals surface area (Å²) in [6.45, 7) is 0. The minimum atomic E-state index is -1.04. The summed E-state index contributed by atoms with van der Waals surface area (Å²) in [5.41, 5.74) is 0.990. The first-order valence-corrected chi connectivity index (χ1v) is 13.9. The zero-order valence-electron chi connectivity index (χ0n) is 22.0. The maximum Gasteiger partial charge on any atom is 0.303 e. The molecule has 0 bridgehead atoms. The Hall–Kier alpha value is -4.55. The lowest BCUT2D eigenvalue weighted by atomic mass is 10.1. The van der Waals surface area contributed by atoms with Crippen molar-refractivity contribution < 1.29 is 43.7 Å². The van der Waals surface area contributed by atoms with Crippen molar-refractivity contribution in [1.82, 2.24) is 0 Å². The van der Waals surface area contributed by atoms with Crippen LogP contribution in [0, 0.1) is 0 Å². The van der Waals surface area contributed by atoms with Gasteiger partial charge in [0.2, 0.25) is 5.91 Å².